The largest absolute Gasteiger partial charge is 0.368 e. The molecule has 0 spiro atoms. The molecule has 3 aromatic rings. The van der Waals surface area contributed by atoms with Gasteiger partial charge in [-0.15, -0.1) is 0 Å². The van der Waals surface area contributed by atoms with Crippen molar-refractivity contribution in [3.05, 3.63) is 94.0 Å². The highest BCUT2D eigenvalue weighted by molar-refractivity contribution is 7.89. The lowest BCUT2D eigenvalue weighted by atomic mass is 10.1. The van der Waals surface area contributed by atoms with E-state index in [1.165, 1.54) is 16.4 Å². The van der Waals surface area contributed by atoms with E-state index in [1.54, 1.807) is 17.0 Å². The van der Waals surface area contributed by atoms with Crippen molar-refractivity contribution in [2.45, 2.75) is 18.2 Å². The van der Waals surface area contributed by atoms with Gasteiger partial charge in [0.05, 0.1) is 11.4 Å². The summed E-state index contributed by atoms with van der Waals surface area (Å²) in [6.45, 7) is 4.35. The van der Waals surface area contributed by atoms with Crippen molar-refractivity contribution in [1.29, 1.82) is 0 Å². The summed E-state index contributed by atoms with van der Waals surface area (Å²) in [5.41, 5.74) is 3.19. The second-order valence-electron chi connectivity index (χ2n) is 8.83. The number of carbonyl (C=O) groups is 1. The molecule has 4 rings (SSSR count). The van der Waals surface area contributed by atoms with Gasteiger partial charge in [0, 0.05) is 48.5 Å². The van der Waals surface area contributed by atoms with E-state index in [-0.39, 0.29) is 23.9 Å². The average molecular weight is 547 g/mol. The fourth-order valence-electron chi connectivity index (χ4n) is 4.31. The zero-order valence-corrected chi connectivity index (χ0v) is 22.4. The molecule has 0 bridgehead atoms. The molecule has 0 aliphatic carbocycles. The van der Waals surface area contributed by atoms with Gasteiger partial charge in [-0.05, 0) is 60.9 Å². The number of halogens is 2. The van der Waals surface area contributed by atoms with Gasteiger partial charge in [-0.3, -0.25) is 4.79 Å². The smallest absolute Gasteiger partial charge is 0.243 e. The Morgan fingerprint density at radius 2 is 1.53 bits per heavy atom. The first-order valence-electron chi connectivity index (χ1n) is 11.8. The molecule has 1 amide bonds. The Morgan fingerprint density at radius 3 is 2.19 bits per heavy atom. The van der Waals surface area contributed by atoms with Gasteiger partial charge in [0.25, 0.3) is 0 Å². The van der Waals surface area contributed by atoms with Crippen LogP contribution in [0.25, 0.3) is 0 Å². The highest BCUT2D eigenvalue weighted by Crippen LogP contribution is 2.26. The molecule has 0 radical (unpaired) electrons. The highest BCUT2D eigenvalue weighted by Gasteiger charge is 2.30. The van der Waals surface area contributed by atoms with Crippen LogP contribution in [0.1, 0.15) is 11.1 Å². The van der Waals surface area contributed by atoms with E-state index in [1.807, 2.05) is 55.5 Å². The molecular weight excluding hydrogens is 517 g/mol. The Bertz CT molecular complexity index is 1290. The number of benzene rings is 3. The molecule has 1 aliphatic rings. The second-order valence-corrected chi connectivity index (χ2v) is 11.6. The first-order chi connectivity index (χ1) is 17.2. The third kappa shape index (κ3) is 6.40. The zero-order chi connectivity index (χ0) is 25.7. The van der Waals surface area contributed by atoms with Gasteiger partial charge in [0.2, 0.25) is 15.9 Å². The van der Waals surface area contributed by atoms with E-state index >= 15 is 0 Å². The van der Waals surface area contributed by atoms with Crippen molar-refractivity contribution in [2.75, 3.05) is 44.2 Å². The van der Waals surface area contributed by atoms with Crippen LogP contribution in [0, 0.1) is 6.92 Å². The van der Waals surface area contributed by atoms with Crippen molar-refractivity contribution >= 4 is 44.8 Å². The molecule has 0 unspecified atom stereocenters. The minimum atomic E-state index is -3.88. The molecule has 1 aliphatic heterocycles. The lowest BCUT2D eigenvalue weighted by molar-refractivity contribution is -0.131. The maximum Gasteiger partial charge on any atom is 0.243 e. The number of piperazine rings is 1. The average Bonchev–Trinajstić information content (AvgIpc) is 2.88. The number of anilines is 1. The maximum atomic E-state index is 13.5. The normalized spacial score (nSPS) is 14.3. The van der Waals surface area contributed by atoms with E-state index in [9.17, 15) is 13.2 Å². The fraction of sp³-hybridized carbons (Fsp3) is 0.296. The number of carbonyl (C=O) groups excluding carboxylic acids is 1. The number of nitrogens with zero attached hydrogens (tertiary/aromatic N) is 3. The Kier molecular flexibility index (Phi) is 8.57. The summed E-state index contributed by atoms with van der Waals surface area (Å²) in [6, 6.07) is 21.5. The summed E-state index contributed by atoms with van der Waals surface area (Å²) < 4.78 is 28.2. The van der Waals surface area contributed by atoms with Crippen molar-refractivity contribution in [3.63, 3.8) is 0 Å². The summed E-state index contributed by atoms with van der Waals surface area (Å²) in [5.74, 6) is -0.205. The number of aryl methyl sites for hydroxylation is 1. The molecule has 1 saturated heterocycles. The van der Waals surface area contributed by atoms with Gasteiger partial charge in [0.15, 0.2) is 0 Å². The number of hydrogen-bond donors (Lipinski definition) is 0. The molecule has 0 atom stereocenters. The fourth-order valence-corrected chi connectivity index (χ4v) is 5.99. The standard InChI is InChI=1S/C27H29Cl2N3O3S/c1-21-7-8-24(29)19-26(21)30-15-17-31(18-16-30)27(33)20-32(14-13-22-5-3-2-4-6-22)36(34,35)25-11-9-23(28)10-12-25/h2-12,19H,13-18,20H2,1H3. The lowest BCUT2D eigenvalue weighted by Crippen LogP contribution is -2.52. The molecule has 0 saturated carbocycles. The van der Waals surface area contributed by atoms with Crippen LogP contribution in [0.3, 0.4) is 0 Å². The molecule has 6 nitrogen and oxygen atoms in total. The summed E-state index contributed by atoms with van der Waals surface area (Å²) in [4.78, 5) is 17.3. The van der Waals surface area contributed by atoms with Gasteiger partial charge in [-0.1, -0.05) is 59.6 Å². The topological polar surface area (TPSA) is 60.9 Å². The van der Waals surface area contributed by atoms with E-state index in [2.05, 4.69) is 4.90 Å². The minimum absolute atomic E-state index is 0.119. The van der Waals surface area contributed by atoms with Crippen LogP contribution in [-0.4, -0.2) is 62.8 Å². The molecule has 190 valence electrons. The molecule has 36 heavy (non-hydrogen) atoms. The van der Waals surface area contributed by atoms with E-state index in [0.29, 0.717) is 42.6 Å². The van der Waals surface area contributed by atoms with Crippen molar-refractivity contribution in [2.24, 2.45) is 0 Å². The lowest BCUT2D eigenvalue weighted by Gasteiger charge is -2.37. The number of rotatable bonds is 8. The van der Waals surface area contributed by atoms with Crippen LogP contribution in [0.2, 0.25) is 10.0 Å². The molecular formula is C27H29Cl2N3O3S. The van der Waals surface area contributed by atoms with E-state index < -0.39 is 10.0 Å². The van der Waals surface area contributed by atoms with Crippen molar-refractivity contribution in [3.8, 4) is 0 Å². The quantitative estimate of drug-likeness (QED) is 0.404. The summed E-state index contributed by atoms with van der Waals surface area (Å²) in [5, 5.41) is 1.13. The van der Waals surface area contributed by atoms with Crippen LogP contribution >= 0.6 is 23.2 Å². The van der Waals surface area contributed by atoms with Gasteiger partial charge in [-0.25, -0.2) is 8.42 Å². The summed E-state index contributed by atoms with van der Waals surface area (Å²) >= 11 is 12.1. The molecule has 9 heteroatoms. The van der Waals surface area contributed by atoms with Crippen molar-refractivity contribution in [1.82, 2.24) is 9.21 Å². The summed E-state index contributed by atoms with van der Waals surface area (Å²) in [6.07, 6.45) is 0.503. The van der Waals surface area contributed by atoms with Crippen LogP contribution in [-0.2, 0) is 21.2 Å². The first kappa shape index (κ1) is 26.5. The molecule has 3 aromatic carbocycles. The molecule has 0 N–H and O–H groups in total. The van der Waals surface area contributed by atoms with Crippen molar-refractivity contribution < 1.29 is 13.2 Å². The number of amides is 1. The van der Waals surface area contributed by atoms with Crippen LogP contribution in [0.15, 0.2) is 77.7 Å². The molecule has 1 heterocycles. The predicted octanol–water partition coefficient (Wildman–Crippen LogP) is 4.88. The Morgan fingerprint density at radius 1 is 0.889 bits per heavy atom. The Balaban J connectivity index is 1.47. The van der Waals surface area contributed by atoms with Crippen LogP contribution in [0.5, 0.6) is 0 Å². The highest BCUT2D eigenvalue weighted by atomic mass is 35.5. The van der Waals surface area contributed by atoms with E-state index in [0.717, 1.165) is 16.8 Å². The zero-order valence-electron chi connectivity index (χ0n) is 20.1. The van der Waals surface area contributed by atoms with Gasteiger partial charge in [-0.2, -0.15) is 4.31 Å². The first-order valence-corrected chi connectivity index (χ1v) is 14.0. The summed E-state index contributed by atoms with van der Waals surface area (Å²) in [7, 11) is -3.88. The number of sulfonamides is 1. The SMILES string of the molecule is Cc1ccc(Cl)cc1N1CCN(C(=O)CN(CCc2ccccc2)S(=O)(=O)c2ccc(Cl)cc2)CC1. The Hall–Kier alpha value is -2.58. The second kappa shape index (κ2) is 11.6. The van der Waals surface area contributed by atoms with Gasteiger partial charge in [0.1, 0.15) is 0 Å². The minimum Gasteiger partial charge on any atom is -0.368 e. The monoisotopic (exact) mass is 545 g/mol. The van der Waals surface area contributed by atoms with Gasteiger partial charge < -0.3 is 9.80 Å². The predicted molar refractivity (Wildman–Crippen MR) is 145 cm³/mol. The number of hydrogen-bond acceptors (Lipinski definition) is 4. The Labute approximate surface area is 223 Å². The van der Waals surface area contributed by atoms with Crippen LogP contribution < -0.4 is 4.90 Å². The maximum absolute atomic E-state index is 13.5. The molecule has 1 fully saturated rings. The molecule has 0 aromatic heterocycles. The van der Waals surface area contributed by atoms with Gasteiger partial charge >= 0.3 is 0 Å². The third-order valence-corrected chi connectivity index (χ3v) is 8.75. The van der Waals surface area contributed by atoms with E-state index in [4.69, 9.17) is 23.2 Å². The third-order valence-electron chi connectivity index (χ3n) is 6.40. The van der Waals surface area contributed by atoms with Crippen LogP contribution in [0.4, 0.5) is 5.69 Å².